The maximum absolute atomic E-state index is 14.2. The van der Waals surface area contributed by atoms with Crippen molar-refractivity contribution < 1.29 is 72.1 Å². The summed E-state index contributed by atoms with van der Waals surface area (Å²) in [7, 11) is 0. The highest BCUT2D eigenvalue weighted by Crippen LogP contribution is 2.29. The number of alkyl carbamates (subject to hydrolysis) is 1. The Morgan fingerprint density at radius 2 is 1.00 bits per heavy atom. The number of carbonyl (C=O) groups excluding carboxylic acids is 6. The van der Waals surface area contributed by atoms with Gasteiger partial charge in [-0.3, -0.25) is 24.0 Å². The molecule has 1 aromatic carbocycles. The van der Waals surface area contributed by atoms with Crippen molar-refractivity contribution in [3.8, 4) is 0 Å². The van der Waals surface area contributed by atoms with Gasteiger partial charge in [-0.2, -0.15) is 0 Å². The molecule has 1 aliphatic heterocycles. The number of benzene rings is 1. The molecule has 17 nitrogen and oxygen atoms in total. The second kappa shape index (κ2) is 52.1. The van der Waals surface area contributed by atoms with Crippen LogP contribution in [-0.2, 0) is 63.7 Å². The van der Waals surface area contributed by atoms with Crippen LogP contribution in [0.15, 0.2) is 30.3 Å². The summed E-state index contributed by atoms with van der Waals surface area (Å²) in [6.07, 6.45) is 24.4. The molecule has 2 rings (SSSR count). The monoisotopic (exact) mass is 1300 g/mol. The molecule has 1 heterocycles. The van der Waals surface area contributed by atoms with Crippen molar-refractivity contribution in [1.29, 1.82) is 0 Å². The minimum absolute atomic E-state index is 0.0632. The molecule has 1 aromatic rings. The molecule has 0 bridgehead atoms. The van der Waals surface area contributed by atoms with Crippen molar-refractivity contribution in [2.45, 2.75) is 337 Å². The highest BCUT2D eigenvalue weighted by Gasteiger charge is 2.49. The number of nitrogens with one attached hydrogen (secondary N) is 2. The summed E-state index contributed by atoms with van der Waals surface area (Å²) in [6.45, 7) is 6.64. The number of halogens is 3. The molecule has 8 atom stereocenters. The van der Waals surface area contributed by atoms with E-state index in [1.54, 1.807) is 24.3 Å². The molecule has 0 aliphatic carbocycles. The van der Waals surface area contributed by atoms with Crippen molar-refractivity contribution in [3.63, 3.8) is 0 Å². The predicted octanol–water partition coefficient (Wildman–Crippen LogP) is 15.8. The van der Waals surface area contributed by atoms with E-state index < -0.39 is 115 Å². The van der Waals surface area contributed by atoms with E-state index in [0.29, 0.717) is 32.1 Å². The van der Waals surface area contributed by atoms with Crippen molar-refractivity contribution >= 4 is 70.7 Å². The highest BCUT2D eigenvalue weighted by atomic mass is 35.6. The topological polar surface area (TPSA) is 232 Å². The highest BCUT2D eigenvalue weighted by molar-refractivity contribution is 6.67. The molecule has 1 saturated heterocycles. The van der Waals surface area contributed by atoms with Crippen molar-refractivity contribution in [1.82, 2.24) is 10.6 Å². The number of carbonyl (C=O) groups is 6. The lowest BCUT2D eigenvalue weighted by Crippen LogP contribution is -2.66. The fourth-order valence-electron chi connectivity index (χ4n) is 10.8. The molecule has 4 N–H and O–H groups in total. The molecule has 2 amide bonds. The molecule has 0 radical (unpaired) electrons. The Bertz CT molecular complexity index is 1970. The number of amides is 2. The first-order valence-electron chi connectivity index (χ1n) is 34.1. The van der Waals surface area contributed by atoms with Gasteiger partial charge in [0.05, 0.1) is 38.5 Å². The third-order valence-electron chi connectivity index (χ3n) is 15.9. The van der Waals surface area contributed by atoms with Crippen LogP contribution in [0.1, 0.15) is 284 Å². The van der Waals surface area contributed by atoms with Crippen LogP contribution in [0, 0.1) is 0 Å². The maximum atomic E-state index is 14.2. The van der Waals surface area contributed by atoms with Gasteiger partial charge < -0.3 is 54.0 Å². The van der Waals surface area contributed by atoms with Crippen molar-refractivity contribution in [3.05, 3.63) is 35.9 Å². The van der Waals surface area contributed by atoms with Crippen molar-refractivity contribution in [2.75, 3.05) is 19.8 Å². The van der Waals surface area contributed by atoms with E-state index in [2.05, 4.69) is 38.3 Å². The first-order chi connectivity index (χ1) is 42.5. The minimum Gasteiger partial charge on any atom is -0.462 e. The zero-order valence-corrected chi connectivity index (χ0v) is 56.5. The van der Waals surface area contributed by atoms with Crippen LogP contribution in [0.4, 0.5) is 4.79 Å². The summed E-state index contributed by atoms with van der Waals surface area (Å²) in [5.74, 6) is -2.94. The molecule has 0 spiro atoms. The summed E-state index contributed by atoms with van der Waals surface area (Å²) in [5, 5.41) is 27.7. The molecule has 508 valence electrons. The standard InChI is InChI=1S/C68H115Cl3N2O15/c1-5-9-13-17-21-23-27-29-36-42-55(85-59(76)44-38-31-25-19-15-11-7-3)47-58(75)72-54(46-61(78)82-50-53-40-34-33-35-41-53)51-83-66-63(73-67(81)84-52-68(69,70)71)65(64(80)57(49-74)87-66)88-62(79)48-56(43-37-30-28-24-22-18-14-10-6-2)86-60(77)45-39-32-26-20-16-12-8-4/h33-35,40-41,54-57,63-66,74,80H,5-32,36-39,42-52H2,1-4H3,(H,72,75)(H,73,81)/t54-,55-,56-,57-,63-,64-,65-,66-/m1/s1. The Morgan fingerprint density at radius 1 is 0.557 bits per heavy atom. The van der Waals surface area contributed by atoms with Crippen LogP contribution in [-0.4, -0.2) is 119 Å². The second-order valence-corrected chi connectivity index (χ2v) is 26.6. The normalized spacial score (nSPS) is 17.8. The number of unbranched alkanes of at least 4 members (excludes halogenated alkanes) is 28. The molecule has 0 saturated carbocycles. The number of hydrogen-bond donors (Lipinski definition) is 4. The van der Waals surface area contributed by atoms with E-state index in [9.17, 15) is 39.0 Å². The number of rotatable bonds is 54. The summed E-state index contributed by atoms with van der Waals surface area (Å²) in [4.78, 5) is 82.1. The Labute approximate surface area is 543 Å². The van der Waals surface area contributed by atoms with Crippen LogP contribution < -0.4 is 10.6 Å². The van der Waals surface area contributed by atoms with E-state index in [1.165, 1.54) is 64.2 Å². The lowest BCUT2D eigenvalue weighted by atomic mass is 9.96. The lowest BCUT2D eigenvalue weighted by molar-refractivity contribution is -0.274. The van der Waals surface area contributed by atoms with Gasteiger partial charge in [0.25, 0.3) is 0 Å². The van der Waals surface area contributed by atoms with Gasteiger partial charge in [-0.25, -0.2) is 4.79 Å². The Balaban J connectivity index is 2.43. The van der Waals surface area contributed by atoms with Crippen LogP contribution in [0.2, 0.25) is 0 Å². The Morgan fingerprint density at radius 3 is 1.45 bits per heavy atom. The fourth-order valence-corrected chi connectivity index (χ4v) is 10.9. The first kappa shape index (κ1) is 80.6. The smallest absolute Gasteiger partial charge is 0.407 e. The van der Waals surface area contributed by atoms with E-state index in [1.807, 2.05) is 6.07 Å². The first-order valence-corrected chi connectivity index (χ1v) is 35.3. The van der Waals surface area contributed by atoms with Gasteiger partial charge >= 0.3 is 30.0 Å². The van der Waals surface area contributed by atoms with E-state index in [4.69, 9.17) is 68.0 Å². The number of aliphatic hydroxyl groups is 2. The summed E-state index contributed by atoms with van der Waals surface area (Å²) in [5.41, 5.74) is 0.724. The molecule has 1 aliphatic rings. The van der Waals surface area contributed by atoms with Gasteiger partial charge in [0.2, 0.25) is 9.70 Å². The van der Waals surface area contributed by atoms with Gasteiger partial charge in [-0.1, -0.05) is 273 Å². The van der Waals surface area contributed by atoms with E-state index in [0.717, 1.165) is 128 Å². The predicted molar refractivity (Wildman–Crippen MR) is 347 cm³/mol. The summed E-state index contributed by atoms with van der Waals surface area (Å²) < 4.78 is 39.1. The maximum Gasteiger partial charge on any atom is 0.407 e. The van der Waals surface area contributed by atoms with Crippen LogP contribution in [0.25, 0.3) is 0 Å². The quantitative estimate of drug-likeness (QED) is 0.0206. The molecule has 88 heavy (non-hydrogen) atoms. The Kier molecular flexibility index (Phi) is 47.7. The lowest BCUT2D eigenvalue weighted by Gasteiger charge is -2.43. The van der Waals surface area contributed by atoms with Gasteiger partial charge in [-0.05, 0) is 44.1 Å². The van der Waals surface area contributed by atoms with E-state index >= 15 is 0 Å². The summed E-state index contributed by atoms with van der Waals surface area (Å²) >= 11 is 17.8. The van der Waals surface area contributed by atoms with E-state index in [-0.39, 0.29) is 31.8 Å². The third-order valence-corrected chi connectivity index (χ3v) is 16.2. The third kappa shape index (κ3) is 41.8. The van der Waals surface area contributed by atoms with Gasteiger partial charge in [-0.15, -0.1) is 0 Å². The zero-order valence-electron chi connectivity index (χ0n) is 54.2. The molecule has 1 fully saturated rings. The molecule has 0 unspecified atom stereocenters. The number of hydrogen-bond acceptors (Lipinski definition) is 15. The summed E-state index contributed by atoms with van der Waals surface area (Å²) in [6, 6.07) is 6.30. The van der Waals surface area contributed by atoms with Crippen LogP contribution in [0.3, 0.4) is 0 Å². The largest absolute Gasteiger partial charge is 0.462 e. The average Bonchev–Trinajstić information content (AvgIpc) is 0.993. The minimum atomic E-state index is -2.03. The molecule has 0 aromatic heterocycles. The molecule has 20 heteroatoms. The van der Waals surface area contributed by atoms with Crippen molar-refractivity contribution in [2.24, 2.45) is 0 Å². The van der Waals surface area contributed by atoms with Gasteiger partial charge in [0, 0.05) is 12.8 Å². The van der Waals surface area contributed by atoms with Gasteiger partial charge in [0.1, 0.15) is 43.7 Å². The average molecular weight is 1310 g/mol. The molecular formula is C68H115Cl3N2O15. The number of ether oxygens (including phenoxy) is 7. The van der Waals surface area contributed by atoms with Gasteiger partial charge in [0.15, 0.2) is 12.4 Å². The number of esters is 4. The number of alkyl halides is 3. The Hall–Kier alpha value is -3.45. The molecular weight excluding hydrogens is 1190 g/mol. The fraction of sp³-hybridized carbons (Fsp3) is 0.824. The SMILES string of the molecule is CCCCCCCCCCC[C@H](CC(=O)N[C@@H](CO[C@@H]1O[C@H](CO)[C@@H](O)[C@H](OC(=O)C[C@@H](CCCCCCCCCCC)OC(=O)CCCCCCCCC)[C@H]1NC(=O)OCC(Cl)(Cl)Cl)CC(=O)OCc1ccccc1)OC(=O)CCCCCCCCC. The van der Waals surface area contributed by atoms with Crippen LogP contribution >= 0.6 is 34.8 Å². The zero-order chi connectivity index (χ0) is 64.5. The number of aliphatic hydroxyl groups excluding tert-OH is 2. The second-order valence-electron chi connectivity index (χ2n) is 24.1. The van der Waals surface area contributed by atoms with Crippen LogP contribution in [0.5, 0.6) is 0 Å².